The molecule has 4 heteroatoms. The monoisotopic (exact) mass is 899 g/mol. The zero-order chi connectivity index (χ0) is 46.6. The van der Waals surface area contributed by atoms with Gasteiger partial charge < -0.3 is 14.2 Å². The maximum atomic E-state index is 12.0. The van der Waals surface area contributed by atoms with Crippen molar-refractivity contribution in [2.75, 3.05) is 19.8 Å². The minimum Gasteiger partial charge on any atom is -0.490 e. The van der Waals surface area contributed by atoms with Crippen molar-refractivity contribution < 1.29 is 19.0 Å². The molecule has 65 heavy (non-hydrogen) atoms. The number of hydrogen-bond acceptors (Lipinski definition) is 4. The molecule has 0 radical (unpaired) electrons. The number of carbonyl (C=O) groups excluding carboxylic acids is 1. The van der Waals surface area contributed by atoms with E-state index in [1.807, 2.05) is 12.1 Å². The summed E-state index contributed by atoms with van der Waals surface area (Å²) in [5, 5.41) is 0. The van der Waals surface area contributed by atoms with Gasteiger partial charge in [0.15, 0.2) is 11.5 Å². The van der Waals surface area contributed by atoms with Crippen LogP contribution in [0.5, 0.6) is 17.2 Å². The summed E-state index contributed by atoms with van der Waals surface area (Å²) >= 11 is 0. The summed E-state index contributed by atoms with van der Waals surface area (Å²) in [6.45, 7) is 8.63. The summed E-state index contributed by atoms with van der Waals surface area (Å²) in [4.78, 5) is 12.0. The topological polar surface area (TPSA) is 44.8 Å². The van der Waals surface area contributed by atoms with Gasteiger partial charge in [-0.2, -0.15) is 0 Å². The first kappa shape index (κ1) is 59.7. The quantitative estimate of drug-likeness (QED) is 0.0371. The lowest BCUT2D eigenvalue weighted by Gasteiger charge is -2.18. The number of benzene rings is 1. The Bertz CT molecular complexity index is 1280. The van der Waals surface area contributed by atoms with Crippen molar-refractivity contribution in [3.8, 4) is 17.2 Å². The maximum Gasteiger partial charge on any atom is 0.203 e. The number of rotatable bonds is 49. The van der Waals surface area contributed by atoms with Crippen molar-refractivity contribution in [3.63, 3.8) is 0 Å². The van der Waals surface area contributed by atoms with Crippen LogP contribution in [-0.2, 0) is 0 Å². The molecule has 1 aromatic carbocycles. The third kappa shape index (κ3) is 40.7. The Kier molecular flexibility index (Phi) is 46.1. The van der Waals surface area contributed by atoms with Crippen LogP contribution in [0.3, 0.4) is 0 Å². The van der Waals surface area contributed by atoms with E-state index in [2.05, 4.69) is 93.7 Å². The Morgan fingerprint density at radius 3 is 0.877 bits per heavy atom. The minimum atomic E-state index is 0.574. The van der Waals surface area contributed by atoms with Crippen LogP contribution >= 0.6 is 0 Å². The molecule has 0 N–H and O–H groups in total. The van der Waals surface area contributed by atoms with Crippen LogP contribution < -0.4 is 14.2 Å². The molecule has 1 aromatic rings. The molecule has 0 fully saturated rings. The van der Waals surface area contributed by atoms with E-state index in [-0.39, 0.29) is 0 Å². The van der Waals surface area contributed by atoms with Crippen molar-refractivity contribution in [3.05, 3.63) is 90.6 Å². The first-order valence-corrected chi connectivity index (χ1v) is 27.7. The first-order chi connectivity index (χ1) is 32.3. The second-order valence-corrected chi connectivity index (χ2v) is 18.3. The van der Waals surface area contributed by atoms with Gasteiger partial charge in [0.1, 0.15) is 6.29 Å². The molecular weight excluding hydrogens is 797 g/mol. The Balaban J connectivity index is 2.50. The molecule has 0 spiro atoms. The lowest BCUT2D eigenvalue weighted by Crippen LogP contribution is -2.07. The molecule has 0 atom stereocenters. The normalized spacial score (nSPS) is 12.2. The summed E-state index contributed by atoms with van der Waals surface area (Å²) in [5.74, 6) is 1.95. The van der Waals surface area contributed by atoms with Crippen LogP contribution in [0.15, 0.2) is 85.0 Å². The zero-order valence-electron chi connectivity index (χ0n) is 42.9. The third-order valence-corrected chi connectivity index (χ3v) is 12.0. The highest BCUT2D eigenvalue weighted by Gasteiger charge is 2.16. The second kappa shape index (κ2) is 50.1. The van der Waals surface area contributed by atoms with Crippen molar-refractivity contribution in [2.24, 2.45) is 0 Å². The SMILES string of the molecule is CCCCC/C=C\C/C=C\CCCCCCCCOc1cc(C=O)cc(OCCCCCCCC/C=C\C/C=C\CCCCC)c1OCCCCCCCC/C=C\C/C=C\CCCCC. The molecule has 0 aliphatic carbocycles. The van der Waals surface area contributed by atoms with Gasteiger partial charge >= 0.3 is 0 Å². The highest BCUT2D eigenvalue weighted by molar-refractivity contribution is 5.78. The van der Waals surface area contributed by atoms with Crippen LogP contribution in [0, 0.1) is 0 Å². The molecule has 0 bridgehead atoms. The lowest BCUT2D eigenvalue weighted by atomic mass is 10.1. The predicted molar refractivity (Wildman–Crippen MR) is 286 cm³/mol. The number of hydrogen-bond donors (Lipinski definition) is 0. The Morgan fingerprint density at radius 2 is 0.585 bits per heavy atom. The standard InChI is InChI=1S/C61H102O4/c1-4-7-10-13-16-19-22-25-28-31-34-37-40-43-46-49-52-63-59-55-58(57-62)56-60(64-53-50-47-44-41-38-35-32-29-26-23-20-17-14-11-8-5-2)61(59)65-54-51-48-45-42-39-36-33-30-27-24-21-18-15-12-9-6-3/h16-21,25-30,55-57H,4-15,22-24,31-54H2,1-3H3/b19-16-,20-17-,21-18-,28-25-,29-26-,30-27-. The minimum absolute atomic E-state index is 0.574. The van der Waals surface area contributed by atoms with E-state index in [1.54, 1.807) is 0 Å². The molecule has 4 nitrogen and oxygen atoms in total. The molecule has 0 unspecified atom stereocenters. The lowest BCUT2D eigenvalue weighted by molar-refractivity contribution is 0.112. The molecule has 0 amide bonds. The van der Waals surface area contributed by atoms with Crippen molar-refractivity contribution >= 4 is 6.29 Å². The average Bonchev–Trinajstić information content (AvgIpc) is 3.32. The fourth-order valence-corrected chi connectivity index (χ4v) is 7.83. The molecule has 0 heterocycles. The summed E-state index contributed by atoms with van der Waals surface area (Å²) in [6.07, 6.45) is 72.6. The Morgan fingerprint density at radius 1 is 0.323 bits per heavy atom. The maximum absolute atomic E-state index is 12.0. The summed E-state index contributed by atoms with van der Waals surface area (Å²) < 4.78 is 19.2. The molecular formula is C61H102O4. The largest absolute Gasteiger partial charge is 0.490 e. The number of allylic oxidation sites excluding steroid dienone is 12. The van der Waals surface area contributed by atoms with Gasteiger partial charge in [0.05, 0.1) is 19.8 Å². The van der Waals surface area contributed by atoms with Crippen molar-refractivity contribution in [1.82, 2.24) is 0 Å². The van der Waals surface area contributed by atoms with E-state index >= 15 is 0 Å². The van der Waals surface area contributed by atoms with Gasteiger partial charge in [-0.3, -0.25) is 4.79 Å². The van der Waals surface area contributed by atoms with Crippen LogP contribution in [0.4, 0.5) is 0 Å². The van der Waals surface area contributed by atoms with Crippen LogP contribution in [-0.4, -0.2) is 26.1 Å². The van der Waals surface area contributed by atoms with Gasteiger partial charge in [-0.15, -0.1) is 0 Å². The number of unbranched alkanes of at least 4 members (excludes halogenated alkanes) is 27. The Hall–Kier alpha value is -3.27. The summed E-state index contributed by atoms with van der Waals surface area (Å²) in [7, 11) is 0. The van der Waals surface area contributed by atoms with E-state index in [4.69, 9.17) is 14.2 Å². The van der Waals surface area contributed by atoms with E-state index in [1.165, 1.54) is 173 Å². The highest BCUT2D eigenvalue weighted by atomic mass is 16.5. The fraction of sp³-hybridized carbons (Fsp3) is 0.689. The van der Waals surface area contributed by atoms with Gasteiger partial charge in [-0.25, -0.2) is 0 Å². The van der Waals surface area contributed by atoms with Crippen LogP contribution in [0.25, 0.3) is 0 Å². The van der Waals surface area contributed by atoms with Crippen LogP contribution in [0.2, 0.25) is 0 Å². The van der Waals surface area contributed by atoms with E-state index in [0.29, 0.717) is 42.6 Å². The molecule has 0 saturated heterocycles. The van der Waals surface area contributed by atoms with Crippen LogP contribution in [0.1, 0.15) is 262 Å². The molecule has 0 aliphatic heterocycles. The van der Waals surface area contributed by atoms with Crippen molar-refractivity contribution in [1.29, 1.82) is 0 Å². The highest BCUT2D eigenvalue weighted by Crippen LogP contribution is 2.39. The third-order valence-electron chi connectivity index (χ3n) is 12.0. The zero-order valence-corrected chi connectivity index (χ0v) is 42.9. The number of carbonyl (C=O) groups is 1. The summed E-state index contributed by atoms with van der Waals surface area (Å²) in [5.41, 5.74) is 0.574. The molecule has 1 rings (SSSR count). The van der Waals surface area contributed by atoms with E-state index < -0.39 is 0 Å². The smallest absolute Gasteiger partial charge is 0.203 e. The van der Waals surface area contributed by atoms with Gasteiger partial charge in [0, 0.05) is 5.56 Å². The summed E-state index contributed by atoms with van der Waals surface area (Å²) in [6, 6.07) is 3.67. The van der Waals surface area contributed by atoms with Gasteiger partial charge in [0.25, 0.3) is 0 Å². The predicted octanol–water partition coefficient (Wildman–Crippen LogP) is 20.1. The van der Waals surface area contributed by atoms with E-state index in [9.17, 15) is 4.79 Å². The van der Waals surface area contributed by atoms with Crippen molar-refractivity contribution in [2.45, 2.75) is 252 Å². The van der Waals surface area contributed by atoms with Gasteiger partial charge in [-0.1, -0.05) is 209 Å². The number of ether oxygens (including phenoxy) is 3. The number of aldehydes is 1. The second-order valence-electron chi connectivity index (χ2n) is 18.3. The molecule has 370 valence electrons. The molecule has 0 saturated carbocycles. The van der Waals surface area contributed by atoms with Gasteiger partial charge in [0.2, 0.25) is 5.75 Å². The molecule has 0 aliphatic rings. The fourth-order valence-electron chi connectivity index (χ4n) is 7.83. The molecule has 0 aromatic heterocycles. The average molecular weight is 899 g/mol. The van der Waals surface area contributed by atoms with Gasteiger partial charge in [-0.05, 0) is 128 Å². The first-order valence-electron chi connectivity index (χ1n) is 27.7. The Labute approximate surface area is 403 Å². The van der Waals surface area contributed by atoms with E-state index in [0.717, 1.165) is 64.1 Å².